The smallest absolute Gasteiger partial charge is 0.309 e. The van der Waals surface area contributed by atoms with Gasteiger partial charge in [0.25, 0.3) is 0 Å². The van der Waals surface area contributed by atoms with Crippen molar-refractivity contribution in [2.45, 2.75) is 26.4 Å². The number of aliphatic carboxylic acids is 1. The number of benzene rings is 1. The zero-order chi connectivity index (χ0) is 15.0. The van der Waals surface area contributed by atoms with E-state index in [1.54, 1.807) is 26.0 Å². The SMILES string of the molecule is CC(C)(Cc1ccccc1OC1CS(=O)(=O)C1)C(=O)O. The van der Waals surface area contributed by atoms with Crippen LogP contribution in [0.5, 0.6) is 5.75 Å². The predicted octanol–water partition coefficient (Wildman–Crippen LogP) is 1.52. The van der Waals surface area contributed by atoms with E-state index >= 15 is 0 Å². The number of ether oxygens (including phenoxy) is 1. The van der Waals surface area contributed by atoms with Crippen LogP contribution in [0.1, 0.15) is 19.4 Å². The lowest BCUT2D eigenvalue weighted by Crippen LogP contribution is -2.45. The van der Waals surface area contributed by atoms with Crippen molar-refractivity contribution in [1.29, 1.82) is 0 Å². The summed E-state index contributed by atoms with van der Waals surface area (Å²) < 4.78 is 27.9. The lowest BCUT2D eigenvalue weighted by Gasteiger charge is -2.28. The summed E-state index contributed by atoms with van der Waals surface area (Å²) in [6.07, 6.45) is 0.00641. The van der Waals surface area contributed by atoms with E-state index in [0.29, 0.717) is 12.2 Å². The monoisotopic (exact) mass is 298 g/mol. The van der Waals surface area contributed by atoms with Crippen LogP contribution in [0.3, 0.4) is 0 Å². The molecular formula is C14H18O5S. The van der Waals surface area contributed by atoms with Gasteiger partial charge in [0.2, 0.25) is 0 Å². The summed E-state index contributed by atoms with van der Waals surface area (Å²) >= 11 is 0. The van der Waals surface area contributed by atoms with Gasteiger partial charge < -0.3 is 9.84 Å². The predicted molar refractivity (Wildman–Crippen MR) is 74.6 cm³/mol. The van der Waals surface area contributed by atoms with Crippen LogP contribution in [0.15, 0.2) is 24.3 Å². The first-order valence-corrected chi connectivity index (χ1v) is 8.20. The quantitative estimate of drug-likeness (QED) is 0.891. The average Bonchev–Trinajstić information content (AvgIpc) is 2.28. The summed E-state index contributed by atoms with van der Waals surface area (Å²) in [5, 5.41) is 9.18. The third kappa shape index (κ3) is 3.30. The van der Waals surface area contributed by atoms with Crippen molar-refractivity contribution in [3.8, 4) is 5.75 Å². The van der Waals surface area contributed by atoms with Crippen LogP contribution in [0.4, 0.5) is 0 Å². The second-order valence-corrected chi connectivity index (χ2v) is 7.94. The molecule has 20 heavy (non-hydrogen) atoms. The van der Waals surface area contributed by atoms with Crippen molar-refractivity contribution in [1.82, 2.24) is 0 Å². The molecule has 0 spiro atoms. The summed E-state index contributed by atoms with van der Waals surface area (Å²) in [6, 6.07) is 7.17. The van der Waals surface area contributed by atoms with E-state index in [1.165, 1.54) is 0 Å². The minimum absolute atomic E-state index is 0.0314. The number of carboxylic acid groups (broad SMARTS) is 1. The van der Waals surface area contributed by atoms with Gasteiger partial charge in [0.1, 0.15) is 11.9 Å². The lowest BCUT2D eigenvalue weighted by molar-refractivity contribution is -0.146. The van der Waals surface area contributed by atoms with E-state index in [1.807, 2.05) is 12.1 Å². The lowest BCUT2D eigenvalue weighted by atomic mass is 9.85. The van der Waals surface area contributed by atoms with Crippen molar-refractivity contribution in [2.75, 3.05) is 11.5 Å². The number of para-hydroxylation sites is 1. The topological polar surface area (TPSA) is 80.7 Å². The van der Waals surface area contributed by atoms with E-state index in [9.17, 15) is 18.3 Å². The normalized spacial score (nSPS) is 18.3. The van der Waals surface area contributed by atoms with Gasteiger partial charge in [-0.25, -0.2) is 8.42 Å². The first-order chi connectivity index (χ1) is 9.20. The highest BCUT2D eigenvalue weighted by molar-refractivity contribution is 7.92. The Hall–Kier alpha value is -1.56. The van der Waals surface area contributed by atoms with E-state index in [2.05, 4.69) is 0 Å². The molecule has 6 heteroatoms. The molecule has 0 aromatic heterocycles. The van der Waals surface area contributed by atoms with Gasteiger partial charge in [-0.15, -0.1) is 0 Å². The largest absolute Gasteiger partial charge is 0.488 e. The highest BCUT2D eigenvalue weighted by Gasteiger charge is 2.36. The van der Waals surface area contributed by atoms with Crippen LogP contribution < -0.4 is 4.74 Å². The Morgan fingerprint density at radius 2 is 1.95 bits per heavy atom. The maximum atomic E-state index is 11.2. The molecular weight excluding hydrogens is 280 g/mol. The van der Waals surface area contributed by atoms with Crippen molar-refractivity contribution >= 4 is 15.8 Å². The molecule has 1 aromatic carbocycles. The third-order valence-electron chi connectivity index (χ3n) is 3.36. The van der Waals surface area contributed by atoms with Gasteiger partial charge in [0, 0.05) is 0 Å². The van der Waals surface area contributed by atoms with Crippen molar-refractivity contribution in [2.24, 2.45) is 5.41 Å². The average molecular weight is 298 g/mol. The molecule has 1 N–H and O–H groups in total. The molecule has 2 rings (SSSR count). The van der Waals surface area contributed by atoms with E-state index < -0.39 is 21.2 Å². The van der Waals surface area contributed by atoms with Crippen LogP contribution in [0, 0.1) is 5.41 Å². The van der Waals surface area contributed by atoms with Crippen molar-refractivity contribution in [3.05, 3.63) is 29.8 Å². The van der Waals surface area contributed by atoms with Crippen LogP contribution in [-0.4, -0.2) is 37.1 Å². The molecule has 0 atom stereocenters. The molecule has 1 aromatic rings. The van der Waals surface area contributed by atoms with Gasteiger partial charge >= 0.3 is 5.97 Å². The molecule has 0 bridgehead atoms. The molecule has 0 aliphatic carbocycles. The molecule has 0 unspecified atom stereocenters. The molecule has 110 valence electrons. The fraction of sp³-hybridized carbons (Fsp3) is 0.500. The summed E-state index contributed by atoms with van der Waals surface area (Å²) in [7, 11) is -2.93. The van der Waals surface area contributed by atoms with Crippen LogP contribution in [-0.2, 0) is 21.1 Å². The van der Waals surface area contributed by atoms with Crippen LogP contribution in [0.25, 0.3) is 0 Å². The molecule has 1 heterocycles. The Morgan fingerprint density at radius 1 is 1.35 bits per heavy atom. The summed E-state index contributed by atoms with van der Waals surface area (Å²) in [5.74, 6) is -0.243. The molecule has 0 amide bonds. The molecule has 1 aliphatic heterocycles. The first-order valence-electron chi connectivity index (χ1n) is 6.38. The van der Waals surface area contributed by atoms with Gasteiger partial charge in [-0.2, -0.15) is 0 Å². The van der Waals surface area contributed by atoms with Gasteiger partial charge in [-0.05, 0) is 31.9 Å². The van der Waals surface area contributed by atoms with Crippen LogP contribution >= 0.6 is 0 Å². The zero-order valence-corrected chi connectivity index (χ0v) is 12.3. The Labute approximate surface area is 118 Å². The maximum absolute atomic E-state index is 11.2. The molecule has 0 saturated carbocycles. The Bertz CT molecular complexity index is 606. The number of sulfone groups is 1. The third-order valence-corrected chi connectivity index (χ3v) is 5.12. The minimum atomic E-state index is -2.93. The Kier molecular flexibility index (Phi) is 3.77. The molecule has 5 nitrogen and oxygen atoms in total. The van der Waals surface area contributed by atoms with Gasteiger partial charge in [-0.1, -0.05) is 18.2 Å². The second kappa shape index (κ2) is 5.09. The van der Waals surface area contributed by atoms with Crippen molar-refractivity contribution in [3.63, 3.8) is 0 Å². The molecule has 0 radical (unpaired) electrons. The Morgan fingerprint density at radius 3 is 2.50 bits per heavy atom. The number of rotatable bonds is 5. The van der Waals surface area contributed by atoms with Crippen LogP contribution in [0.2, 0.25) is 0 Å². The maximum Gasteiger partial charge on any atom is 0.309 e. The highest BCUT2D eigenvalue weighted by atomic mass is 32.2. The van der Waals surface area contributed by atoms with E-state index in [4.69, 9.17) is 4.74 Å². The fourth-order valence-electron chi connectivity index (χ4n) is 2.08. The number of carboxylic acids is 1. The standard InChI is InChI=1S/C14H18O5S/c1-14(2,13(15)16)7-10-5-3-4-6-12(10)19-11-8-20(17,18)9-11/h3-6,11H,7-9H2,1-2H3,(H,15,16). The van der Waals surface area contributed by atoms with E-state index in [-0.39, 0.29) is 17.6 Å². The molecule has 1 fully saturated rings. The Balaban J connectivity index is 2.13. The van der Waals surface area contributed by atoms with Gasteiger partial charge in [0.05, 0.1) is 16.9 Å². The highest BCUT2D eigenvalue weighted by Crippen LogP contribution is 2.30. The van der Waals surface area contributed by atoms with Gasteiger partial charge in [0.15, 0.2) is 9.84 Å². The fourth-order valence-corrected chi connectivity index (χ4v) is 3.25. The summed E-state index contributed by atoms with van der Waals surface area (Å²) in [4.78, 5) is 11.2. The molecule has 1 aliphatic rings. The number of hydrogen-bond acceptors (Lipinski definition) is 4. The zero-order valence-electron chi connectivity index (χ0n) is 11.5. The summed E-state index contributed by atoms with van der Waals surface area (Å²) in [6.45, 7) is 3.31. The van der Waals surface area contributed by atoms with E-state index in [0.717, 1.165) is 5.56 Å². The minimum Gasteiger partial charge on any atom is -0.488 e. The molecule has 1 saturated heterocycles. The first kappa shape index (κ1) is 14.8. The second-order valence-electron chi connectivity index (χ2n) is 5.79. The summed E-state index contributed by atoms with van der Waals surface area (Å²) in [5.41, 5.74) is -0.116. The van der Waals surface area contributed by atoms with Crippen molar-refractivity contribution < 1.29 is 23.1 Å². The number of carbonyl (C=O) groups is 1. The number of hydrogen-bond donors (Lipinski definition) is 1. The van der Waals surface area contributed by atoms with Gasteiger partial charge in [-0.3, -0.25) is 4.79 Å².